The Kier molecular flexibility index (Phi) is 3.20. The molecule has 122 valence electrons. The molecule has 0 bridgehead atoms. The SMILES string of the molecule is Nc1nn2c(c1C(=O)On1nnc3ccc(Cl)cc31)N=CC(F)C2. The minimum absolute atomic E-state index is 0.0659. The van der Waals surface area contributed by atoms with Crippen LogP contribution in [0.2, 0.25) is 5.02 Å². The lowest BCUT2D eigenvalue weighted by molar-refractivity contribution is 0.0411. The molecule has 9 nitrogen and oxygen atoms in total. The second kappa shape index (κ2) is 5.27. The number of hydrogen-bond acceptors (Lipinski definition) is 7. The number of nitrogens with zero attached hydrogens (tertiary/aromatic N) is 6. The fourth-order valence-electron chi connectivity index (χ4n) is 2.35. The van der Waals surface area contributed by atoms with Crippen LogP contribution in [-0.4, -0.2) is 43.3 Å². The first-order valence-electron chi connectivity index (χ1n) is 6.81. The molecule has 11 heteroatoms. The quantitative estimate of drug-likeness (QED) is 0.695. The topological polar surface area (TPSA) is 113 Å². The number of aliphatic imine (C=N–C) groups is 1. The smallest absolute Gasteiger partial charge is 0.373 e. The monoisotopic (exact) mass is 349 g/mol. The van der Waals surface area contributed by atoms with Gasteiger partial charge in [-0.2, -0.15) is 5.10 Å². The van der Waals surface area contributed by atoms with E-state index in [2.05, 4.69) is 20.4 Å². The van der Waals surface area contributed by atoms with Gasteiger partial charge in [-0.25, -0.2) is 18.9 Å². The second-order valence-electron chi connectivity index (χ2n) is 5.03. The highest BCUT2D eigenvalue weighted by Crippen LogP contribution is 2.28. The number of halogens is 2. The molecule has 0 saturated carbocycles. The van der Waals surface area contributed by atoms with E-state index in [-0.39, 0.29) is 23.7 Å². The molecule has 1 atom stereocenters. The number of fused-ring (bicyclic) bond motifs is 2. The van der Waals surface area contributed by atoms with Crippen molar-refractivity contribution in [3.05, 3.63) is 28.8 Å². The molecular weight excluding hydrogens is 341 g/mol. The van der Waals surface area contributed by atoms with Crippen LogP contribution in [0.15, 0.2) is 23.2 Å². The third kappa shape index (κ3) is 2.27. The van der Waals surface area contributed by atoms with Gasteiger partial charge in [0.25, 0.3) is 0 Å². The third-order valence-corrected chi connectivity index (χ3v) is 3.64. The van der Waals surface area contributed by atoms with Crippen LogP contribution in [-0.2, 0) is 6.54 Å². The number of anilines is 1. The molecule has 1 aliphatic rings. The van der Waals surface area contributed by atoms with E-state index in [0.717, 1.165) is 11.1 Å². The molecule has 4 rings (SSSR count). The molecule has 24 heavy (non-hydrogen) atoms. The van der Waals surface area contributed by atoms with Gasteiger partial charge >= 0.3 is 5.97 Å². The Labute approximate surface area is 138 Å². The standard InChI is InChI=1S/C13H9ClFN7O2/c14-6-1-2-8-9(3-6)22(20-18-8)24-13(23)10-11(16)19-21-5-7(15)4-17-12(10)21/h1-4,7H,5H2,(H2,16,19). The maximum absolute atomic E-state index is 13.3. The van der Waals surface area contributed by atoms with Crippen LogP contribution in [0.3, 0.4) is 0 Å². The number of carbonyl (C=O) groups excluding carboxylic acids is 1. The molecule has 0 aliphatic carbocycles. The van der Waals surface area contributed by atoms with E-state index >= 15 is 0 Å². The van der Waals surface area contributed by atoms with Gasteiger partial charge in [0.15, 0.2) is 23.4 Å². The van der Waals surface area contributed by atoms with Crippen molar-refractivity contribution < 1.29 is 14.0 Å². The van der Waals surface area contributed by atoms with E-state index in [1.807, 2.05) is 0 Å². The summed E-state index contributed by atoms with van der Waals surface area (Å²) in [6, 6.07) is 4.82. The number of benzene rings is 1. The second-order valence-corrected chi connectivity index (χ2v) is 5.47. The minimum atomic E-state index is -1.29. The van der Waals surface area contributed by atoms with Gasteiger partial charge in [-0.15, -0.1) is 5.10 Å². The maximum atomic E-state index is 13.3. The molecule has 3 aromatic rings. The van der Waals surface area contributed by atoms with Gasteiger partial charge in [-0.1, -0.05) is 16.4 Å². The van der Waals surface area contributed by atoms with Gasteiger partial charge in [0.1, 0.15) is 11.0 Å². The number of nitrogens with two attached hydrogens (primary N) is 1. The third-order valence-electron chi connectivity index (χ3n) is 3.41. The minimum Gasteiger partial charge on any atom is -0.381 e. The van der Waals surface area contributed by atoms with Crippen molar-refractivity contribution >= 4 is 46.5 Å². The van der Waals surface area contributed by atoms with E-state index < -0.39 is 12.1 Å². The first-order chi connectivity index (χ1) is 11.5. The van der Waals surface area contributed by atoms with Crippen LogP contribution in [0, 0.1) is 0 Å². The highest BCUT2D eigenvalue weighted by Gasteiger charge is 2.28. The Morgan fingerprint density at radius 2 is 2.29 bits per heavy atom. The Balaban J connectivity index is 1.71. The number of carbonyl (C=O) groups is 1. The molecule has 0 radical (unpaired) electrons. The zero-order chi connectivity index (χ0) is 16.8. The van der Waals surface area contributed by atoms with E-state index in [1.165, 1.54) is 4.68 Å². The summed E-state index contributed by atoms with van der Waals surface area (Å²) in [6.07, 6.45) is -0.209. The van der Waals surface area contributed by atoms with Crippen LogP contribution in [0.1, 0.15) is 10.4 Å². The lowest BCUT2D eigenvalue weighted by atomic mass is 10.3. The molecule has 1 unspecified atom stereocenters. The summed E-state index contributed by atoms with van der Waals surface area (Å²) < 4.78 is 14.5. The number of hydrogen-bond donors (Lipinski definition) is 1. The van der Waals surface area contributed by atoms with Crippen LogP contribution < -0.4 is 10.6 Å². The van der Waals surface area contributed by atoms with Crippen LogP contribution in [0.25, 0.3) is 11.0 Å². The largest absolute Gasteiger partial charge is 0.381 e. The van der Waals surface area contributed by atoms with Gasteiger partial charge in [0.2, 0.25) is 0 Å². The predicted octanol–water partition coefficient (Wildman–Crippen LogP) is 1.19. The highest BCUT2D eigenvalue weighted by molar-refractivity contribution is 6.31. The Morgan fingerprint density at radius 1 is 1.46 bits per heavy atom. The van der Waals surface area contributed by atoms with Crippen LogP contribution in [0.4, 0.5) is 16.0 Å². The Hall–Kier alpha value is -3.01. The zero-order valence-corrected chi connectivity index (χ0v) is 12.7. The lowest BCUT2D eigenvalue weighted by Crippen LogP contribution is -2.22. The van der Waals surface area contributed by atoms with Crippen molar-refractivity contribution in [2.24, 2.45) is 4.99 Å². The average molecular weight is 350 g/mol. The van der Waals surface area contributed by atoms with E-state index in [9.17, 15) is 9.18 Å². The molecule has 2 aromatic heterocycles. The fourth-order valence-corrected chi connectivity index (χ4v) is 2.52. The van der Waals surface area contributed by atoms with E-state index in [0.29, 0.717) is 16.1 Å². The van der Waals surface area contributed by atoms with Crippen molar-refractivity contribution in [2.75, 3.05) is 5.73 Å². The molecule has 0 amide bonds. The zero-order valence-electron chi connectivity index (χ0n) is 11.9. The van der Waals surface area contributed by atoms with Crippen LogP contribution in [0.5, 0.6) is 0 Å². The maximum Gasteiger partial charge on any atom is 0.373 e. The molecule has 1 aromatic carbocycles. The summed E-state index contributed by atoms with van der Waals surface area (Å²) >= 11 is 5.92. The van der Waals surface area contributed by atoms with Gasteiger partial charge in [-0.05, 0) is 23.4 Å². The number of nitrogen functional groups attached to an aromatic ring is 1. The summed E-state index contributed by atoms with van der Waals surface area (Å²) in [5.41, 5.74) is 6.57. The Bertz CT molecular complexity index is 996. The molecule has 3 heterocycles. The van der Waals surface area contributed by atoms with Crippen molar-refractivity contribution in [3.63, 3.8) is 0 Å². The normalized spacial score (nSPS) is 16.3. The highest BCUT2D eigenvalue weighted by atomic mass is 35.5. The van der Waals surface area contributed by atoms with Crippen molar-refractivity contribution in [2.45, 2.75) is 12.7 Å². The summed E-state index contributed by atoms with van der Waals surface area (Å²) in [4.78, 5) is 22.4. The van der Waals surface area contributed by atoms with E-state index in [4.69, 9.17) is 22.2 Å². The van der Waals surface area contributed by atoms with Crippen molar-refractivity contribution in [1.82, 2.24) is 24.9 Å². The summed E-state index contributed by atoms with van der Waals surface area (Å²) in [5, 5.41) is 11.9. The first-order valence-corrected chi connectivity index (χ1v) is 7.19. The molecule has 2 N–H and O–H groups in total. The van der Waals surface area contributed by atoms with E-state index in [1.54, 1.807) is 18.2 Å². The summed E-state index contributed by atoms with van der Waals surface area (Å²) in [6.45, 7) is -0.0713. The molecule has 0 spiro atoms. The molecule has 0 saturated heterocycles. The average Bonchev–Trinajstić information content (AvgIpc) is 3.07. The summed E-state index contributed by atoms with van der Waals surface area (Å²) in [7, 11) is 0. The first kappa shape index (κ1) is 14.6. The molecular formula is C13H9ClFN7O2. The van der Waals surface area contributed by atoms with Gasteiger partial charge in [-0.3, -0.25) is 0 Å². The Morgan fingerprint density at radius 3 is 3.12 bits per heavy atom. The summed E-state index contributed by atoms with van der Waals surface area (Å²) in [5.74, 6) is -0.812. The number of alkyl halides is 1. The number of rotatable bonds is 2. The van der Waals surface area contributed by atoms with Gasteiger partial charge in [0, 0.05) is 11.2 Å². The van der Waals surface area contributed by atoms with Gasteiger partial charge in [0.05, 0.1) is 6.54 Å². The lowest BCUT2D eigenvalue weighted by Gasteiger charge is -2.11. The number of aromatic nitrogens is 5. The fraction of sp³-hybridized carbons (Fsp3) is 0.154. The van der Waals surface area contributed by atoms with Gasteiger partial charge < -0.3 is 10.6 Å². The molecule has 1 aliphatic heterocycles. The molecule has 0 fully saturated rings. The van der Waals surface area contributed by atoms with Crippen LogP contribution >= 0.6 is 11.6 Å². The van der Waals surface area contributed by atoms with Crippen molar-refractivity contribution in [1.29, 1.82) is 0 Å². The predicted molar refractivity (Wildman–Crippen MR) is 83.1 cm³/mol. The van der Waals surface area contributed by atoms with Crippen molar-refractivity contribution in [3.8, 4) is 0 Å².